The molecule has 6 heterocycles. The minimum atomic E-state index is -0.830. The van der Waals surface area contributed by atoms with Crippen LogP contribution >= 0.6 is 0 Å². The van der Waals surface area contributed by atoms with Gasteiger partial charge >= 0.3 is 6.01 Å². The molecule has 0 saturated carbocycles. The van der Waals surface area contributed by atoms with E-state index >= 15 is 0 Å². The van der Waals surface area contributed by atoms with Gasteiger partial charge in [0, 0.05) is 54.7 Å². The standard InChI is InChI=1S/C34H36FN7O2/c1-19-22-7-3-6-20-12-25-23(15-37-40-25)28(27(20)22)30-26(19)29-24(14-36-30)31(41-10-4-8-33(2,43)17-41)39-32(38-29)44-18-34-9-5-11-42(34)16-21(35)13-34/h3,6-7,12,14-15,19,21,43H,4-5,8-11,13,16-18H2,1-2H3,(H,37,40)/t19?,21-,33-,34+/m1/s1. The summed E-state index contributed by atoms with van der Waals surface area (Å²) in [4.78, 5) is 19.7. The molecule has 9 rings (SSSR count). The number of β-amino-alcohol motifs (C(OH)–C–C–N with tert-alkyl or cyclic N) is 1. The molecule has 3 saturated heterocycles. The summed E-state index contributed by atoms with van der Waals surface area (Å²) in [5, 5.41) is 22.8. The molecular formula is C34H36FN7O2. The zero-order valence-electron chi connectivity index (χ0n) is 25.1. The van der Waals surface area contributed by atoms with Crippen LogP contribution in [0.15, 0.2) is 36.7 Å². The van der Waals surface area contributed by atoms with Crippen molar-refractivity contribution in [2.24, 2.45) is 0 Å². The van der Waals surface area contributed by atoms with Crippen molar-refractivity contribution in [3.63, 3.8) is 0 Å². The van der Waals surface area contributed by atoms with Crippen LogP contribution in [-0.4, -0.2) is 85.3 Å². The van der Waals surface area contributed by atoms with E-state index in [1.54, 1.807) is 0 Å². The molecule has 2 aromatic carbocycles. The normalized spacial score (nSPS) is 28.2. The van der Waals surface area contributed by atoms with Gasteiger partial charge in [-0.05, 0) is 61.6 Å². The lowest BCUT2D eigenvalue weighted by Crippen LogP contribution is -2.46. The fourth-order valence-electron chi connectivity index (χ4n) is 8.69. The molecule has 226 valence electrons. The molecule has 0 radical (unpaired) electrons. The van der Waals surface area contributed by atoms with E-state index in [4.69, 9.17) is 19.7 Å². The van der Waals surface area contributed by atoms with Gasteiger partial charge in [0.05, 0.1) is 39.5 Å². The number of hydrogen-bond acceptors (Lipinski definition) is 8. The number of nitrogens with one attached hydrogen (secondary N) is 1. The first-order valence-electron chi connectivity index (χ1n) is 15.9. The third-order valence-electron chi connectivity index (χ3n) is 10.7. The Morgan fingerprint density at radius 3 is 2.91 bits per heavy atom. The maximum Gasteiger partial charge on any atom is 0.319 e. The lowest BCUT2D eigenvalue weighted by molar-refractivity contribution is 0.0447. The summed E-state index contributed by atoms with van der Waals surface area (Å²) in [5.41, 5.74) is 4.89. The fraction of sp³-hybridized carbons (Fsp3) is 0.471. The van der Waals surface area contributed by atoms with Crippen LogP contribution in [0.2, 0.25) is 0 Å². The number of piperidine rings is 1. The fourth-order valence-corrected chi connectivity index (χ4v) is 8.69. The number of pyridine rings is 1. The number of fused-ring (bicyclic) bond motifs is 7. The number of alkyl halides is 1. The second-order valence-corrected chi connectivity index (χ2v) is 13.7. The molecule has 1 unspecified atom stereocenters. The molecular weight excluding hydrogens is 557 g/mol. The molecule has 0 spiro atoms. The first-order chi connectivity index (χ1) is 21.3. The van der Waals surface area contributed by atoms with E-state index in [0.29, 0.717) is 32.1 Å². The summed E-state index contributed by atoms with van der Waals surface area (Å²) in [6.07, 6.45) is 6.99. The SMILES string of the molecule is CC1c2c(ncc3c(N4CCC[C@@](C)(O)C4)nc(OC[C@@]45CCCN4C[C@H](F)C5)nc23)-c2c3cn[nH]c3cc3cccc1c23. The Morgan fingerprint density at radius 2 is 2.02 bits per heavy atom. The van der Waals surface area contributed by atoms with E-state index in [2.05, 4.69) is 51.2 Å². The van der Waals surface area contributed by atoms with Crippen LogP contribution in [0.4, 0.5) is 10.2 Å². The molecule has 0 amide bonds. The predicted molar refractivity (Wildman–Crippen MR) is 168 cm³/mol. The zero-order chi connectivity index (χ0) is 29.8. The van der Waals surface area contributed by atoms with Gasteiger partial charge in [0.15, 0.2) is 0 Å². The number of H-pyrrole nitrogens is 1. The number of ether oxygens (including phenoxy) is 1. The van der Waals surface area contributed by atoms with E-state index in [9.17, 15) is 9.50 Å². The second-order valence-electron chi connectivity index (χ2n) is 13.7. The Hall–Kier alpha value is -3.89. The summed E-state index contributed by atoms with van der Waals surface area (Å²) in [6.45, 7) is 7.08. The third kappa shape index (κ3) is 3.83. The number of nitrogens with zero attached hydrogens (tertiary/aromatic N) is 6. The van der Waals surface area contributed by atoms with E-state index in [-0.39, 0.29) is 11.5 Å². The number of aliphatic hydroxyl groups is 1. The molecule has 4 aliphatic rings. The Bertz CT molecular complexity index is 1970. The highest BCUT2D eigenvalue weighted by Gasteiger charge is 2.49. The highest BCUT2D eigenvalue weighted by Crippen LogP contribution is 2.50. The Kier molecular flexibility index (Phi) is 5.61. The van der Waals surface area contributed by atoms with Crippen molar-refractivity contribution in [1.29, 1.82) is 0 Å². The Balaban J connectivity index is 1.25. The molecule has 44 heavy (non-hydrogen) atoms. The van der Waals surface area contributed by atoms with Gasteiger partial charge in [-0.1, -0.05) is 25.1 Å². The molecule has 0 bridgehead atoms. The van der Waals surface area contributed by atoms with Crippen molar-refractivity contribution in [3.05, 3.63) is 47.8 Å². The number of benzene rings is 2. The van der Waals surface area contributed by atoms with Crippen molar-refractivity contribution < 1.29 is 14.2 Å². The molecule has 3 aliphatic heterocycles. The van der Waals surface area contributed by atoms with Gasteiger partial charge in [0.2, 0.25) is 0 Å². The first-order valence-corrected chi connectivity index (χ1v) is 15.9. The van der Waals surface area contributed by atoms with Gasteiger partial charge in [0.1, 0.15) is 18.6 Å². The van der Waals surface area contributed by atoms with Gasteiger partial charge in [-0.25, -0.2) is 4.39 Å². The maximum absolute atomic E-state index is 14.6. The number of rotatable bonds is 4. The monoisotopic (exact) mass is 593 g/mol. The lowest BCUT2D eigenvalue weighted by Gasteiger charge is -2.38. The van der Waals surface area contributed by atoms with Crippen LogP contribution in [0.5, 0.6) is 6.01 Å². The molecule has 3 fully saturated rings. The predicted octanol–water partition coefficient (Wildman–Crippen LogP) is 5.49. The van der Waals surface area contributed by atoms with Crippen molar-refractivity contribution in [3.8, 4) is 17.3 Å². The van der Waals surface area contributed by atoms with Gasteiger partial charge in [-0.3, -0.25) is 15.0 Å². The van der Waals surface area contributed by atoms with Gasteiger partial charge in [-0.15, -0.1) is 0 Å². The third-order valence-corrected chi connectivity index (χ3v) is 10.7. The molecule has 4 atom stereocenters. The number of hydrogen-bond donors (Lipinski definition) is 2. The van der Waals surface area contributed by atoms with E-state index < -0.39 is 11.8 Å². The summed E-state index contributed by atoms with van der Waals surface area (Å²) >= 11 is 0. The molecule has 5 aromatic rings. The van der Waals surface area contributed by atoms with Crippen molar-refractivity contribution in [2.75, 3.05) is 37.7 Å². The maximum atomic E-state index is 14.6. The zero-order valence-corrected chi connectivity index (χ0v) is 25.1. The van der Waals surface area contributed by atoms with Crippen molar-refractivity contribution in [1.82, 2.24) is 30.0 Å². The van der Waals surface area contributed by atoms with E-state index in [1.165, 1.54) is 10.9 Å². The quantitative estimate of drug-likeness (QED) is 0.282. The van der Waals surface area contributed by atoms with Gasteiger partial charge in [0.25, 0.3) is 0 Å². The van der Waals surface area contributed by atoms with E-state index in [0.717, 1.165) is 88.6 Å². The van der Waals surface area contributed by atoms with Crippen LogP contribution in [0.25, 0.3) is 43.8 Å². The summed E-state index contributed by atoms with van der Waals surface area (Å²) in [7, 11) is 0. The van der Waals surface area contributed by atoms with Crippen molar-refractivity contribution >= 4 is 38.4 Å². The van der Waals surface area contributed by atoms with Crippen molar-refractivity contribution in [2.45, 2.75) is 69.2 Å². The average Bonchev–Trinajstić information content (AvgIpc) is 3.70. The van der Waals surface area contributed by atoms with Crippen LogP contribution in [0, 0.1) is 0 Å². The smallest absolute Gasteiger partial charge is 0.319 e. The van der Waals surface area contributed by atoms with Crippen LogP contribution < -0.4 is 9.64 Å². The number of anilines is 1. The summed E-state index contributed by atoms with van der Waals surface area (Å²) < 4.78 is 21.1. The Morgan fingerprint density at radius 1 is 1.14 bits per heavy atom. The highest BCUT2D eigenvalue weighted by molar-refractivity contribution is 6.15. The summed E-state index contributed by atoms with van der Waals surface area (Å²) in [6, 6.07) is 8.92. The largest absolute Gasteiger partial charge is 0.461 e. The Labute approximate surface area is 254 Å². The molecule has 2 N–H and O–H groups in total. The first kappa shape index (κ1) is 26.5. The van der Waals surface area contributed by atoms with Gasteiger partial charge in [-0.2, -0.15) is 15.1 Å². The van der Waals surface area contributed by atoms with Crippen LogP contribution in [0.1, 0.15) is 63.0 Å². The van der Waals surface area contributed by atoms with Crippen LogP contribution in [0.3, 0.4) is 0 Å². The highest BCUT2D eigenvalue weighted by atomic mass is 19.1. The number of aromatic amines is 1. The number of aromatic nitrogens is 5. The topological polar surface area (TPSA) is 103 Å². The second kappa shape index (κ2) is 9.31. The molecule has 3 aromatic heterocycles. The summed E-state index contributed by atoms with van der Waals surface area (Å²) in [5.74, 6) is 0.751. The molecule has 9 nitrogen and oxygen atoms in total. The van der Waals surface area contributed by atoms with Crippen LogP contribution in [-0.2, 0) is 0 Å². The minimum absolute atomic E-state index is 0.0212. The van der Waals surface area contributed by atoms with Gasteiger partial charge < -0.3 is 14.7 Å². The number of halogens is 1. The minimum Gasteiger partial charge on any atom is -0.461 e. The molecule has 1 aliphatic carbocycles. The molecule has 10 heteroatoms. The average molecular weight is 594 g/mol. The lowest BCUT2D eigenvalue weighted by atomic mass is 9.78. The van der Waals surface area contributed by atoms with E-state index in [1.807, 2.05) is 19.3 Å².